The molecule has 19 heteroatoms. The maximum absolute atomic E-state index is 14.4. The lowest BCUT2D eigenvalue weighted by atomic mass is 9.83. The van der Waals surface area contributed by atoms with Crippen LogP contribution in [-0.2, 0) is 44.7 Å². The molecule has 0 aliphatic carbocycles. The molecule has 4 N–H and O–H groups in total. The number of ether oxygens (including phenoxy) is 1. The van der Waals surface area contributed by atoms with Crippen LogP contribution < -0.4 is 10.6 Å². The van der Waals surface area contributed by atoms with E-state index in [9.17, 15) is 43.5 Å². The van der Waals surface area contributed by atoms with Gasteiger partial charge < -0.3 is 30.5 Å². The van der Waals surface area contributed by atoms with Crippen LogP contribution in [0.2, 0.25) is 0 Å². The number of ketones is 3. The fraction of sp³-hybridized carbons (Fsp3) is 0.679. The molecule has 1 aromatic carbocycles. The summed E-state index contributed by atoms with van der Waals surface area (Å²) in [5, 5.41) is 27.2. The number of thioether (sulfide) groups is 2. The van der Waals surface area contributed by atoms with Crippen molar-refractivity contribution in [3.8, 4) is 5.75 Å². The van der Waals surface area contributed by atoms with E-state index in [1.54, 1.807) is 29.5 Å². The number of esters is 1. The average Bonchev–Trinajstić information content (AvgIpc) is 4.04. The minimum Gasteiger partial charge on any atom is -0.506 e. The van der Waals surface area contributed by atoms with E-state index < -0.39 is 40.4 Å². The van der Waals surface area contributed by atoms with Gasteiger partial charge >= 0.3 is 11.9 Å². The molecule has 1 aromatic heterocycles. The number of aromatic nitrogens is 1. The lowest BCUT2D eigenvalue weighted by molar-refractivity contribution is -0.149. The molecule has 2 aliphatic heterocycles. The van der Waals surface area contributed by atoms with Crippen LogP contribution in [0.15, 0.2) is 23.6 Å². The molecule has 3 amide bonds. The fourth-order valence-corrected chi connectivity index (χ4v) is 13.6. The highest BCUT2D eigenvalue weighted by atomic mass is 32.2. The summed E-state index contributed by atoms with van der Waals surface area (Å²) in [5.41, 5.74) is 1.14. The van der Waals surface area contributed by atoms with Crippen molar-refractivity contribution in [2.45, 2.75) is 185 Å². The Bertz CT molecular complexity index is 2170. The normalized spacial score (nSPS) is 19.2. The number of rotatable bonds is 31. The Morgan fingerprint density at radius 1 is 0.917 bits per heavy atom. The molecule has 8 atom stereocenters. The number of piperidine rings is 1. The number of phenols is 1. The Morgan fingerprint density at radius 3 is 2.17 bits per heavy atom. The number of amides is 3. The number of likely N-dealkylation sites (tertiary alicyclic amines) is 1. The number of likely N-dealkylation sites (N-methyl/N-ethyl adjacent to an activating group) is 1. The van der Waals surface area contributed by atoms with Crippen molar-refractivity contribution in [1.82, 2.24) is 20.1 Å². The smallest absolute Gasteiger partial charge is 0.303 e. The van der Waals surface area contributed by atoms with Crippen molar-refractivity contribution < 1.29 is 53.3 Å². The zero-order chi connectivity index (χ0) is 53.1. The summed E-state index contributed by atoms with van der Waals surface area (Å²) >= 11 is 4.11. The second-order valence-electron chi connectivity index (χ2n) is 19.9. The highest BCUT2D eigenvalue weighted by Crippen LogP contribution is 2.39. The van der Waals surface area contributed by atoms with Crippen LogP contribution in [0.25, 0.3) is 0 Å². The predicted molar refractivity (Wildman–Crippen MR) is 284 cm³/mol. The molecule has 0 bridgehead atoms. The first kappa shape index (κ1) is 60.2. The van der Waals surface area contributed by atoms with Crippen LogP contribution in [0, 0.1) is 17.8 Å². The van der Waals surface area contributed by atoms with Crippen molar-refractivity contribution in [1.29, 1.82) is 0 Å². The molecule has 3 heterocycles. The Balaban J connectivity index is 1.35. The first-order valence-electron chi connectivity index (χ1n) is 25.8. The van der Waals surface area contributed by atoms with E-state index in [-0.39, 0.29) is 115 Å². The lowest BCUT2D eigenvalue weighted by Gasteiger charge is -2.37. The highest BCUT2D eigenvalue weighted by Gasteiger charge is 2.39. The Hall–Kier alpha value is -4.33. The van der Waals surface area contributed by atoms with E-state index >= 15 is 0 Å². The van der Waals surface area contributed by atoms with Crippen LogP contribution in [0.3, 0.4) is 0 Å². The van der Waals surface area contributed by atoms with Gasteiger partial charge in [0.25, 0.3) is 5.91 Å². The predicted octanol–water partition coefficient (Wildman–Crippen LogP) is 9.03. The largest absolute Gasteiger partial charge is 0.506 e. The van der Waals surface area contributed by atoms with Crippen LogP contribution in [0.4, 0.5) is 5.69 Å². The van der Waals surface area contributed by atoms with Gasteiger partial charge in [-0.1, -0.05) is 59.9 Å². The number of aliphatic carboxylic acids is 1. The number of Topliss-reactive ketones (excluding diaryl/α,β-unsaturated/α-hetero) is 3. The second kappa shape index (κ2) is 30.1. The minimum atomic E-state index is -0.897. The van der Waals surface area contributed by atoms with Gasteiger partial charge in [0, 0.05) is 81.0 Å². The fourth-order valence-electron chi connectivity index (χ4n) is 9.58. The average molecular weight is 1060 g/mol. The Labute approximate surface area is 438 Å². The third kappa shape index (κ3) is 18.6. The molecule has 400 valence electrons. The summed E-state index contributed by atoms with van der Waals surface area (Å²) < 4.78 is 5.85. The van der Waals surface area contributed by atoms with Crippen LogP contribution in [-0.4, -0.2) is 126 Å². The summed E-state index contributed by atoms with van der Waals surface area (Å²) in [6, 6.07) is 4.00. The topological polar surface area (TPSA) is 230 Å². The SMILES string of the molecule is CCC[C@H](Cc1ccc(O)c(NC(=O)CCCCC(=O)C2SCSC2C(=O)CCCCC(=O)O)c1)NC(=O)c1csc([C@@H](C[C@H](C(C)C)N(C)C(=O)[C@@H](CC(=O)[C@H]2CCCCN2C)[C@@H](C)CC)OC(C)=O)n1. The molecule has 0 saturated carbocycles. The van der Waals surface area contributed by atoms with Crippen molar-refractivity contribution in [3.63, 3.8) is 0 Å². The van der Waals surface area contributed by atoms with Crippen molar-refractivity contribution in [3.05, 3.63) is 39.8 Å². The lowest BCUT2D eigenvalue weighted by Crippen LogP contribution is -2.48. The number of benzene rings is 1. The molecule has 0 radical (unpaired) electrons. The molecule has 4 rings (SSSR count). The number of carbonyl (C=O) groups is 8. The number of nitrogens with zero attached hydrogens (tertiary/aromatic N) is 3. The summed E-state index contributed by atoms with van der Waals surface area (Å²) in [6.07, 6.45) is 7.30. The highest BCUT2D eigenvalue weighted by molar-refractivity contribution is 8.20. The number of phenolic OH excluding ortho intramolecular Hbond substituents is 1. The minimum absolute atomic E-state index is 0.0112. The number of hydrogen-bond acceptors (Lipinski definition) is 15. The number of thiazole rings is 1. The Morgan fingerprint density at radius 2 is 1.57 bits per heavy atom. The molecule has 2 fully saturated rings. The van der Waals surface area contributed by atoms with Gasteiger partial charge in [-0.3, -0.25) is 43.3 Å². The maximum atomic E-state index is 14.4. The maximum Gasteiger partial charge on any atom is 0.303 e. The molecule has 72 heavy (non-hydrogen) atoms. The van der Waals surface area contributed by atoms with Gasteiger partial charge in [0.1, 0.15) is 28.0 Å². The summed E-state index contributed by atoms with van der Waals surface area (Å²) in [4.78, 5) is 113. The van der Waals surface area contributed by atoms with E-state index in [4.69, 9.17) is 9.84 Å². The molecule has 2 aliphatic rings. The molecule has 2 unspecified atom stereocenters. The number of carboxylic acid groups (broad SMARTS) is 1. The number of unbranched alkanes of at least 4 members (excludes halogenated alkanes) is 2. The van der Waals surface area contributed by atoms with Gasteiger partial charge in [0.15, 0.2) is 11.9 Å². The van der Waals surface area contributed by atoms with Gasteiger partial charge in [-0.05, 0) is 94.5 Å². The van der Waals surface area contributed by atoms with Gasteiger partial charge in [-0.25, -0.2) is 4.98 Å². The summed E-state index contributed by atoms with van der Waals surface area (Å²) in [7, 11) is 3.73. The van der Waals surface area contributed by atoms with Gasteiger partial charge in [0.2, 0.25) is 11.8 Å². The number of carboxylic acids is 1. The van der Waals surface area contributed by atoms with Crippen LogP contribution >= 0.6 is 34.9 Å². The van der Waals surface area contributed by atoms with Gasteiger partial charge in [0.05, 0.1) is 22.2 Å². The number of anilines is 1. The van der Waals surface area contributed by atoms with Crippen LogP contribution in [0.1, 0.15) is 171 Å². The van der Waals surface area contributed by atoms with E-state index in [1.165, 1.54) is 47.9 Å². The monoisotopic (exact) mass is 1060 g/mol. The standard InChI is InChI=1S/C53H79N5O11S3/c1-9-17-36(26-35-23-24-42(60)38(27-35)55-47(64)21-13-11-19-43(61)49-50(72-31-71-49)44(62)20-12-14-22-48(65)66)54-51(67)39-30-70-52(56-39)46(69-34(6)59)29-41(32(3)4)58(8)53(68)37(33(5)10-2)28-45(63)40-18-15-16-25-57(40)7/h23-24,27,30,32-33,36-37,40-41,46,49-50,60H,9-22,25-26,28-29,31H2,1-8H3,(H,54,67)(H,55,64)(H,65,66)/t33-,36+,37-,40+,41+,46+,49?,50?/m0/s1. The zero-order valence-electron chi connectivity index (χ0n) is 43.6. The number of nitrogens with one attached hydrogen (secondary N) is 2. The van der Waals surface area contributed by atoms with Crippen molar-refractivity contribution >= 4 is 87.6 Å². The van der Waals surface area contributed by atoms with Crippen molar-refractivity contribution in [2.75, 3.05) is 31.0 Å². The second-order valence-corrected chi connectivity index (χ2v) is 23.4. The molecule has 2 aromatic rings. The van der Waals surface area contributed by atoms with E-state index in [2.05, 4.69) is 20.5 Å². The van der Waals surface area contributed by atoms with E-state index in [0.29, 0.717) is 48.6 Å². The third-order valence-corrected chi connectivity index (χ3v) is 17.9. The molecule has 0 spiro atoms. The molecular weight excluding hydrogens is 979 g/mol. The summed E-state index contributed by atoms with van der Waals surface area (Å²) in [5.74, 6) is -2.92. The van der Waals surface area contributed by atoms with Gasteiger partial charge in [-0.2, -0.15) is 0 Å². The first-order valence-corrected chi connectivity index (χ1v) is 28.8. The number of carbonyl (C=O) groups excluding carboxylic acids is 7. The number of aromatic hydroxyl groups is 1. The van der Waals surface area contributed by atoms with Crippen LogP contribution in [0.5, 0.6) is 5.75 Å². The van der Waals surface area contributed by atoms with Gasteiger partial charge in [-0.15, -0.1) is 34.9 Å². The van der Waals surface area contributed by atoms with Crippen molar-refractivity contribution in [2.24, 2.45) is 17.8 Å². The molecular formula is C53H79N5O11S3. The van der Waals surface area contributed by atoms with E-state index in [1.807, 2.05) is 41.7 Å². The molecule has 2 saturated heterocycles. The molecule has 16 nitrogen and oxygen atoms in total. The quantitative estimate of drug-likeness (QED) is 0.0314. The first-order chi connectivity index (χ1) is 34.2. The van der Waals surface area contributed by atoms with E-state index in [0.717, 1.165) is 44.2 Å². The third-order valence-electron chi connectivity index (χ3n) is 14.0. The number of hydrogen-bond donors (Lipinski definition) is 4. The summed E-state index contributed by atoms with van der Waals surface area (Å²) in [6.45, 7) is 12.2. The Kier molecular flexibility index (Phi) is 25.2. The zero-order valence-corrected chi connectivity index (χ0v) is 46.0.